The number of hydrogen-bond acceptors (Lipinski definition) is 0. The number of allylic oxidation sites excluding steroid dienone is 5. The fourth-order valence-electron chi connectivity index (χ4n) is 0.513. The molecule has 0 spiro atoms. The zero-order chi connectivity index (χ0) is 5.66. The maximum atomic E-state index is 2.00. The molecule has 0 N–H and O–H groups in total. The monoisotopic (exact) mass is 102 g/mol. The Bertz CT molecular complexity index is 105. The van der Waals surface area contributed by atoms with E-state index in [4.69, 9.17) is 0 Å². The second kappa shape index (κ2) is 3.19. The van der Waals surface area contributed by atoms with Gasteiger partial charge in [0.05, 0.1) is 0 Å². The minimum absolute atomic E-state index is 2.00. The molecule has 8 heavy (non-hydrogen) atoms. The number of rotatable bonds is 0. The molecule has 1 rings (SSSR count). The van der Waals surface area contributed by atoms with Crippen LogP contribution in [0, 0.1) is 0 Å². The molecule has 0 unspecified atom stereocenters. The maximum absolute atomic E-state index is 2.00. The van der Waals surface area contributed by atoms with Crippen molar-refractivity contribution in [1.82, 2.24) is 0 Å². The van der Waals surface area contributed by atoms with Crippen molar-refractivity contribution in [3.8, 4) is 0 Å². The Balaban J connectivity index is 2.67. The molecular weight excluding hydrogens is 94.9 g/mol. The summed E-state index contributed by atoms with van der Waals surface area (Å²) in [6.45, 7) is 2.00. The second-order valence-electron chi connectivity index (χ2n) is 1.54. The topological polar surface area (TPSA) is 0 Å². The van der Waals surface area contributed by atoms with Gasteiger partial charge in [0.25, 0.3) is 0 Å². The van der Waals surface area contributed by atoms with E-state index >= 15 is 0 Å². The van der Waals surface area contributed by atoms with E-state index in [2.05, 4.69) is 0 Å². The van der Waals surface area contributed by atoms with Crippen molar-refractivity contribution in [3.63, 3.8) is 0 Å². The molecule has 0 atom stereocenters. The predicted octanol–water partition coefficient (Wildman–Crippen LogP) is 1.13. The fraction of sp³-hybridized carbons (Fsp3) is 0. The average molecular weight is 102 g/mol. The molecule has 0 fully saturated rings. The van der Waals surface area contributed by atoms with Gasteiger partial charge in [-0.15, -0.1) is 0 Å². The SMILES string of the molecule is B1=C/C=C\C=C/C=C1. The summed E-state index contributed by atoms with van der Waals surface area (Å²) in [5.41, 5.74) is 0. The molecule has 0 aromatic rings. The van der Waals surface area contributed by atoms with Gasteiger partial charge in [0, 0.05) is 0 Å². The van der Waals surface area contributed by atoms with Crippen LogP contribution < -0.4 is 0 Å². The van der Waals surface area contributed by atoms with E-state index in [1.165, 1.54) is 0 Å². The Morgan fingerprint density at radius 3 is 2.50 bits per heavy atom. The summed E-state index contributed by atoms with van der Waals surface area (Å²) < 4.78 is 0. The van der Waals surface area contributed by atoms with E-state index in [0.717, 1.165) is 0 Å². The van der Waals surface area contributed by atoms with E-state index in [1.807, 2.05) is 49.2 Å². The first-order valence-electron chi connectivity index (χ1n) is 2.67. The minimum atomic E-state index is 2.00. The third kappa shape index (κ3) is 1.74. The first-order chi connectivity index (χ1) is 4.00. The van der Waals surface area contributed by atoms with Crippen LogP contribution in [0.1, 0.15) is 0 Å². The quantitative estimate of drug-likeness (QED) is 0.402. The van der Waals surface area contributed by atoms with Gasteiger partial charge >= 0.3 is 49.2 Å². The van der Waals surface area contributed by atoms with Crippen molar-refractivity contribution in [2.45, 2.75) is 0 Å². The Hall–Kier alpha value is -0.845. The molecule has 0 amide bonds. The molecule has 1 heteroatoms. The summed E-state index contributed by atoms with van der Waals surface area (Å²) in [6, 6.07) is 0. The Kier molecular flexibility index (Phi) is 2.11. The summed E-state index contributed by atoms with van der Waals surface area (Å²) in [7, 11) is 0. The Labute approximate surface area is 50.1 Å². The van der Waals surface area contributed by atoms with Gasteiger partial charge in [0.2, 0.25) is 0 Å². The van der Waals surface area contributed by atoms with Crippen molar-refractivity contribution in [3.05, 3.63) is 36.4 Å². The third-order valence-corrected chi connectivity index (χ3v) is 0.889. The molecule has 0 nitrogen and oxygen atoms in total. The van der Waals surface area contributed by atoms with E-state index in [0.29, 0.717) is 0 Å². The molecule has 1 aliphatic rings. The summed E-state index contributed by atoms with van der Waals surface area (Å²) in [4.78, 5) is 0. The first-order valence-corrected chi connectivity index (χ1v) is 2.67. The summed E-state index contributed by atoms with van der Waals surface area (Å²) in [6.07, 6.45) is 10.0. The first kappa shape index (κ1) is 5.29. The van der Waals surface area contributed by atoms with Crippen LogP contribution in [0.4, 0.5) is 0 Å². The van der Waals surface area contributed by atoms with Crippen molar-refractivity contribution in [2.24, 2.45) is 0 Å². The number of hydrogen-bond donors (Lipinski definition) is 0. The zero-order valence-electron chi connectivity index (χ0n) is 4.62. The Morgan fingerprint density at radius 2 is 1.50 bits per heavy atom. The molecule has 0 saturated heterocycles. The van der Waals surface area contributed by atoms with E-state index < -0.39 is 0 Å². The van der Waals surface area contributed by atoms with E-state index in [-0.39, 0.29) is 0 Å². The molecule has 1 aliphatic heterocycles. The van der Waals surface area contributed by atoms with Crippen LogP contribution in [0.3, 0.4) is 0 Å². The second-order valence-corrected chi connectivity index (χ2v) is 1.54. The summed E-state index contributed by atoms with van der Waals surface area (Å²) in [5.74, 6) is 4.00. The standard InChI is InChI=1S/C7H7B/c1-2-4-6-8-7-5-3-1/h1-7H/b2-1-,3-1?,4-2?,5-3-,6-4?,7-5?. The molecular formula is C7H7B. The van der Waals surface area contributed by atoms with Crippen molar-refractivity contribution in [2.75, 3.05) is 0 Å². The molecule has 0 aromatic carbocycles. The van der Waals surface area contributed by atoms with Gasteiger partial charge in [0.1, 0.15) is 0 Å². The van der Waals surface area contributed by atoms with E-state index in [9.17, 15) is 0 Å². The average Bonchev–Trinajstić information content (AvgIpc) is 1.62. The molecule has 0 aromatic heterocycles. The van der Waals surface area contributed by atoms with Gasteiger partial charge in [-0.2, -0.15) is 0 Å². The van der Waals surface area contributed by atoms with Crippen molar-refractivity contribution >= 4 is 12.9 Å². The molecule has 0 saturated carbocycles. The van der Waals surface area contributed by atoms with Gasteiger partial charge in [0.15, 0.2) is 0 Å². The predicted molar refractivity (Wildman–Crippen MR) is 39.2 cm³/mol. The van der Waals surface area contributed by atoms with Crippen LogP contribution in [0.15, 0.2) is 36.4 Å². The van der Waals surface area contributed by atoms with Crippen molar-refractivity contribution in [1.29, 1.82) is 0 Å². The molecule has 1 heterocycles. The van der Waals surface area contributed by atoms with Crippen LogP contribution in [0.5, 0.6) is 0 Å². The summed E-state index contributed by atoms with van der Waals surface area (Å²) in [5, 5.41) is 0. The molecule has 0 radical (unpaired) electrons. The fourth-order valence-corrected chi connectivity index (χ4v) is 0.513. The van der Waals surface area contributed by atoms with Crippen LogP contribution in [0.2, 0.25) is 0 Å². The Morgan fingerprint density at radius 1 is 0.750 bits per heavy atom. The summed E-state index contributed by atoms with van der Waals surface area (Å²) >= 11 is 0. The molecule has 0 bridgehead atoms. The zero-order valence-corrected chi connectivity index (χ0v) is 4.62. The third-order valence-electron chi connectivity index (χ3n) is 0.889. The van der Waals surface area contributed by atoms with Crippen LogP contribution in [-0.4, -0.2) is 12.9 Å². The van der Waals surface area contributed by atoms with Crippen LogP contribution in [0.25, 0.3) is 0 Å². The molecule has 0 aliphatic carbocycles. The van der Waals surface area contributed by atoms with Gasteiger partial charge in [-0.25, -0.2) is 0 Å². The van der Waals surface area contributed by atoms with Gasteiger partial charge in [-0.3, -0.25) is 0 Å². The van der Waals surface area contributed by atoms with Gasteiger partial charge < -0.3 is 0 Å². The van der Waals surface area contributed by atoms with Gasteiger partial charge in [-0.05, 0) is 0 Å². The molecule has 38 valence electrons. The van der Waals surface area contributed by atoms with Gasteiger partial charge in [-0.1, -0.05) is 0 Å². The van der Waals surface area contributed by atoms with Crippen molar-refractivity contribution < 1.29 is 0 Å². The van der Waals surface area contributed by atoms with Crippen LogP contribution >= 0.6 is 0 Å². The van der Waals surface area contributed by atoms with Crippen LogP contribution in [-0.2, 0) is 0 Å². The van der Waals surface area contributed by atoms with E-state index in [1.54, 1.807) is 0 Å². The normalized spacial score (nSPS) is 23.0.